The van der Waals surface area contributed by atoms with E-state index in [1.54, 1.807) is 0 Å². The van der Waals surface area contributed by atoms with Crippen molar-refractivity contribution in [3.05, 3.63) is 34.1 Å². The first-order valence-corrected chi connectivity index (χ1v) is 7.11. The van der Waals surface area contributed by atoms with E-state index in [1.165, 1.54) is 12.1 Å². The van der Waals surface area contributed by atoms with E-state index in [4.69, 9.17) is 0 Å². The number of likely N-dealkylation sites (N-methyl/N-ethyl adjacent to an activating group) is 1. The van der Waals surface area contributed by atoms with E-state index in [2.05, 4.69) is 47.0 Å². The van der Waals surface area contributed by atoms with Gasteiger partial charge in [0.2, 0.25) is 0 Å². The third-order valence-electron chi connectivity index (χ3n) is 2.68. The molecule has 0 aliphatic rings. The lowest BCUT2D eigenvalue weighted by Gasteiger charge is -2.18. The minimum atomic E-state index is -0.202. The largest absolute Gasteiger partial charge is 0.315 e. The molecule has 0 radical (unpaired) electrons. The monoisotopic (exact) mass is 316 g/mol. The summed E-state index contributed by atoms with van der Waals surface area (Å²) in [7, 11) is 2.08. The smallest absolute Gasteiger partial charge is 0.124 e. The minimum absolute atomic E-state index is 0.202. The van der Waals surface area contributed by atoms with Crippen LogP contribution in [0.3, 0.4) is 0 Å². The zero-order valence-electron chi connectivity index (χ0n) is 11.3. The molecule has 0 aromatic heterocycles. The highest BCUT2D eigenvalue weighted by Crippen LogP contribution is 2.19. The van der Waals surface area contributed by atoms with Crippen molar-refractivity contribution in [3.8, 4) is 0 Å². The van der Waals surface area contributed by atoms with Gasteiger partial charge in [-0.1, -0.05) is 35.8 Å². The fraction of sp³-hybridized carbons (Fsp3) is 0.571. The van der Waals surface area contributed by atoms with Crippen molar-refractivity contribution in [1.29, 1.82) is 0 Å². The van der Waals surface area contributed by atoms with Gasteiger partial charge in [0.1, 0.15) is 5.82 Å². The van der Waals surface area contributed by atoms with Crippen molar-refractivity contribution < 1.29 is 4.39 Å². The van der Waals surface area contributed by atoms with E-state index >= 15 is 0 Å². The number of rotatable bonds is 7. The molecule has 1 N–H and O–H groups in total. The zero-order chi connectivity index (χ0) is 13.5. The number of benzene rings is 1. The Morgan fingerprint density at radius 3 is 2.72 bits per heavy atom. The first-order valence-electron chi connectivity index (χ1n) is 6.32. The number of nitrogens with one attached hydrogen (secondary N) is 1. The average Bonchev–Trinajstić information content (AvgIpc) is 2.28. The summed E-state index contributed by atoms with van der Waals surface area (Å²) in [4.78, 5) is 2.23. The van der Waals surface area contributed by atoms with E-state index in [9.17, 15) is 4.39 Å². The maximum atomic E-state index is 13.0. The van der Waals surface area contributed by atoms with E-state index in [0.29, 0.717) is 5.92 Å². The van der Waals surface area contributed by atoms with Crippen LogP contribution in [0.2, 0.25) is 0 Å². The van der Waals surface area contributed by atoms with Gasteiger partial charge >= 0.3 is 0 Å². The van der Waals surface area contributed by atoms with Crippen LogP contribution in [0.5, 0.6) is 0 Å². The normalized spacial score (nSPS) is 11.5. The Labute approximate surface area is 118 Å². The molecule has 0 bridgehead atoms. The second-order valence-corrected chi connectivity index (χ2v) is 5.93. The Balaban J connectivity index is 2.33. The Hall–Kier alpha value is -0.450. The van der Waals surface area contributed by atoms with Gasteiger partial charge in [0.25, 0.3) is 0 Å². The number of hydrogen-bond donors (Lipinski definition) is 1. The molecule has 4 heteroatoms. The molecule has 0 fully saturated rings. The quantitative estimate of drug-likeness (QED) is 0.777. The lowest BCUT2D eigenvalue weighted by Crippen LogP contribution is -2.30. The zero-order valence-corrected chi connectivity index (χ0v) is 12.9. The fourth-order valence-corrected chi connectivity index (χ4v) is 2.16. The van der Waals surface area contributed by atoms with Crippen LogP contribution in [0.1, 0.15) is 19.4 Å². The maximum absolute atomic E-state index is 13.0. The molecule has 18 heavy (non-hydrogen) atoms. The van der Waals surface area contributed by atoms with Crippen molar-refractivity contribution in [3.63, 3.8) is 0 Å². The molecule has 0 amide bonds. The Kier molecular flexibility index (Phi) is 6.82. The first-order chi connectivity index (χ1) is 8.49. The molecule has 0 saturated carbocycles. The maximum Gasteiger partial charge on any atom is 0.124 e. The molecule has 1 aromatic carbocycles. The summed E-state index contributed by atoms with van der Waals surface area (Å²) in [5, 5.41) is 3.41. The number of hydrogen-bond acceptors (Lipinski definition) is 2. The predicted octanol–water partition coefficient (Wildman–Crippen LogP) is 3.27. The molecule has 2 nitrogen and oxygen atoms in total. The molecule has 0 atom stereocenters. The van der Waals surface area contributed by atoms with E-state index in [1.807, 2.05) is 6.07 Å². The molecule has 1 rings (SSSR count). The van der Waals surface area contributed by atoms with Crippen LogP contribution in [0, 0.1) is 11.7 Å². The molecule has 0 aliphatic heterocycles. The Morgan fingerprint density at radius 2 is 2.11 bits per heavy atom. The van der Waals surface area contributed by atoms with Crippen LogP contribution in [-0.2, 0) is 6.54 Å². The van der Waals surface area contributed by atoms with Gasteiger partial charge < -0.3 is 10.2 Å². The van der Waals surface area contributed by atoms with Gasteiger partial charge in [0.05, 0.1) is 0 Å². The fourth-order valence-electron chi connectivity index (χ4n) is 1.68. The van der Waals surface area contributed by atoms with Crippen LogP contribution in [0.25, 0.3) is 0 Å². The second kappa shape index (κ2) is 7.87. The first kappa shape index (κ1) is 15.6. The van der Waals surface area contributed by atoms with Crippen molar-refractivity contribution in [2.75, 3.05) is 26.7 Å². The molecule has 0 spiro atoms. The second-order valence-electron chi connectivity index (χ2n) is 5.07. The van der Waals surface area contributed by atoms with Gasteiger partial charge in [-0.2, -0.15) is 0 Å². The summed E-state index contributed by atoms with van der Waals surface area (Å²) < 4.78 is 13.8. The van der Waals surface area contributed by atoms with Gasteiger partial charge in [-0.3, -0.25) is 0 Å². The van der Waals surface area contributed by atoms with Gasteiger partial charge in [-0.15, -0.1) is 0 Å². The third kappa shape index (κ3) is 5.94. The lowest BCUT2D eigenvalue weighted by molar-refractivity contribution is 0.321. The van der Waals surface area contributed by atoms with Crippen molar-refractivity contribution in [2.24, 2.45) is 5.92 Å². The molecule has 0 saturated heterocycles. The Bertz CT molecular complexity index is 369. The van der Waals surface area contributed by atoms with Crippen molar-refractivity contribution in [2.45, 2.75) is 20.4 Å². The van der Waals surface area contributed by atoms with Crippen LogP contribution in [0.4, 0.5) is 4.39 Å². The van der Waals surface area contributed by atoms with Gasteiger partial charge in [-0.05, 0) is 37.2 Å². The summed E-state index contributed by atoms with van der Waals surface area (Å²) in [6.07, 6.45) is 0. The molecule has 0 aliphatic carbocycles. The van der Waals surface area contributed by atoms with Gasteiger partial charge in [0, 0.05) is 24.1 Å². The SMILES string of the molecule is CC(C)CNCCN(C)Cc1ccc(F)cc1Br. The molecule has 0 heterocycles. The minimum Gasteiger partial charge on any atom is -0.315 e. The van der Waals surface area contributed by atoms with Crippen LogP contribution < -0.4 is 5.32 Å². The molecule has 102 valence electrons. The molecular weight excluding hydrogens is 295 g/mol. The average molecular weight is 317 g/mol. The summed E-state index contributed by atoms with van der Waals surface area (Å²) in [5.74, 6) is 0.480. The van der Waals surface area contributed by atoms with E-state index < -0.39 is 0 Å². The third-order valence-corrected chi connectivity index (χ3v) is 3.42. The summed E-state index contributed by atoms with van der Waals surface area (Å²) in [6.45, 7) is 8.24. The predicted molar refractivity (Wildman–Crippen MR) is 78.1 cm³/mol. The molecule has 0 unspecified atom stereocenters. The molecule has 1 aromatic rings. The molecular formula is C14H22BrFN2. The highest BCUT2D eigenvalue weighted by Gasteiger charge is 2.05. The van der Waals surface area contributed by atoms with Crippen LogP contribution >= 0.6 is 15.9 Å². The Morgan fingerprint density at radius 1 is 1.39 bits per heavy atom. The van der Waals surface area contributed by atoms with E-state index in [0.717, 1.165) is 36.2 Å². The van der Waals surface area contributed by atoms with Crippen molar-refractivity contribution >= 4 is 15.9 Å². The summed E-state index contributed by atoms with van der Waals surface area (Å²) in [5.41, 5.74) is 1.11. The highest BCUT2D eigenvalue weighted by molar-refractivity contribution is 9.10. The number of nitrogens with zero attached hydrogens (tertiary/aromatic N) is 1. The highest BCUT2D eigenvalue weighted by atomic mass is 79.9. The van der Waals surface area contributed by atoms with Crippen LogP contribution in [-0.4, -0.2) is 31.6 Å². The number of halogens is 2. The summed E-state index contributed by atoms with van der Waals surface area (Å²) >= 11 is 3.39. The topological polar surface area (TPSA) is 15.3 Å². The van der Waals surface area contributed by atoms with Gasteiger partial charge in [0.15, 0.2) is 0 Å². The van der Waals surface area contributed by atoms with Gasteiger partial charge in [-0.25, -0.2) is 4.39 Å². The standard InChI is InChI=1S/C14H22BrFN2/c1-11(2)9-17-6-7-18(3)10-12-4-5-13(16)8-14(12)15/h4-5,8,11,17H,6-7,9-10H2,1-3H3. The van der Waals surface area contributed by atoms with Crippen molar-refractivity contribution in [1.82, 2.24) is 10.2 Å². The summed E-state index contributed by atoms with van der Waals surface area (Å²) in [6, 6.07) is 4.85. The lowest BCUT2D eigenvalue weighted by atomic mass is 10.2. The van der Waals surface area contributed by atoms with E-state index in [-0.39, 0.29) is 5.82 Å². The van der Waals surface area contributed by atoms with Crippen LogP contribution in [0.15, 0.2) is 22.7 Å².